The van der Waals surface area contributed by atoms with E-state index in [2.05, 4.69) is 16.3 Å². The van der Waals surface area contributed by atoms with Crippen LogP contribution in [0.4, 0.5) is 5.69 Å². The summed E-state index contributed by atoms with van der Waals surface area (Å²) in [6.07, 6.45) is 0. The summed E-state index contributed by atoms with van der Waals surface area (Å²) in [6, 6.07) is 6.16. The van der Waals surface area contributed by atoms with Crippen LogP contribution in [0.1, 0.15) is 11.1 Å². The Morgan fingerprint density at radius 2 is 2.16 bits per heavy atom. The number of nitrogens with zero attached hydrogens (tertiary/aromatic N) is 1. The second-order valence-corrected chi connectivity index (χ2v) is 6.44. The number of aryl methyl sites for hydroxylation is 1. The molecule has 1 aromatic carbocycles. The first-order chi connectivity index (χ1) is 9.16. The zero-order valence-electron chi connectivity index (χ0n) is 11.3. The molecule has 0 aliphatic carbocycles. The molecule has 3 nitrogen and oxygen atoms in total. The van der Waals surface area contributed by atoms with Crippen LogP contribution in [0.3, 0.4) is 0 Å². The van der Waals surface area contributed by atoms with Crippen LogP contribution in [-0.4, -0.2) is 47.6 Å². The van der Waals surface area contributed by atoms with Gasteiger partial charge in [0.2, 0.25) is 0 Å². The molecule has 3 N–H and O–H groups in total. The summed E-state index contributed by atoms with van der Waals surface area (Å²) in [6.45, 7) is 6.56. The lowest BCUT2D eigenvalue weighted by Crippen LogP contribution is -2.36. The maximum absolute atomic E-state index is 5.66. The molecule has 104 valence electrons. The van der Waals surface area contributed by atoms with Gasteiger partial charge in [0, 0.05) is 48.9 Å². The van der Waals surface area contributed by atoms with Crippen molar-refractivity contribution < 1.29 is 0 Å². The second-order valence-electron chi connectivity index (χ2n) is 4.77. The highest BCUT2D eigenvalue weighted by molar-refractivity contribution is 7.99. The van der Waals surface area contributed by atoms with Crippen LogP contribution in [0.5, 0.6) is 0 Å². The third kappa shape index (κ3) is 4.37. The number of thioether (sulfide) groups is 1. The number of benzene rings is 1. The molecule has 0 saturated carbocycles. The fraction of sp³-hybridized carbons (Fsp3) is 0.500. The van der Waals surface area contributed by atoms with Gasteiger partial charge in [-0.25, -0.2) is 0 Å². The minimum absolute atomic E-state index is 0.467. The Hall–Kier alpha value is -0.780. The highest BCUT2D eigenvalue weighted by Gasteiger charge is 2.09. The minimum atomic E-state index is 0.467. The molecule has 5 heteroatoms. The summed E-state index contributed by atoms with van der Waals surface area (Å²) in [7, 11) is 0. The summed E-state index contributed by atoms with van der Waals surface area (Å²) in [5.41, 5.74) is 8.90. The van der Waals surface area contributed by atoms with Crippen molar-refractivity contribution in [2.24, 2.45) is 5.73 Å². The Labute approximate surface area is 124 Å². The summed E-state index contributed by atoms with van der Waals surface area (Å²) in [4.78, 5) is 2.98. The van der Waals surface area contributed by atoms with Gasteiger partial charge in [0.1, 0.15) is 4.99 Å². The molecule has 19 heavy (non-hydrogen) atoms. The second kappa shape index (κ2) is 7.12. The highest BCUT2D eigenvalue weighted by atomic mass is 32.2. The fourth-order valence-corrected chi connectivity index (χ4v) is 3.44. The van der Waals surface area contributed by atoms with Gasteiger partial charge in [-0.1, -0.05) is 12.2 Å². The number of nitrogens with two attached hydrogens (primary N) is 1. The molecular formula is C14H21N3S2. The summed E-state index contributed by atoms with van der Waals surface area (Å²) < 4.78 is 0. The number of nitrogens with one attached hydrogen (secondary N) is 1. The van der Waals surface area contributed by atoms with Crippen LogP contribution in [0.15, 0.2) is 18.2 Å². The lowest BCUT2D eigenvalue weighted by atomic mass is 10.1. The van der Waals surface area contributed by atoms with Crippen molar-refractivity contribution in [1.82, 2.24) is 4.90 Å². The first-order valence-corrected chi connectivity index (χ1v) is 8.17. The molecule has 1 saturated heterocycles. The molecule has 1 fully saturated rings. The van der Waals surface area contributed by atoms with Crippen LogP contribution < -0.4 is 11.1 Å². The fourth-order valence-electron chi connectivity index (χ4n) is 2.23. The summed E-state index contributed by atoms with van der Waals surface area (Å²) >= 11 is 7.06. The standard InChI is InChI=1S/C14H21N3S2/c1-11-10-12(2-3-13(11)14(15)18)16-4-5-17-6-8-19-9-7-17/h2-3,10,16H,4-9H2,1H3,(H2,15,18). The van der Waals surface area contributed by atoms with Crippen LogP contribution >= 0.6 is 24.0 Å². The smallest absolute Gasteiger partial charge is 0.104 e. The van der Waals surface area contributed by atoms with Crippen LogP contribution in [0.25, 0.3) is 0 Å². The summed E-state index contributed by atoms with van der Waals surface area (Å²) in [5, 5.41) is 3.47. The number of thiocarbonyl (C=S) groups is 1. The number of hydrogen-bond donors (Lipinski definition) is 2. The van der Waals surface area contributed by atoms with Gasteiger partial charge in [0.05, 0.1) is 0 Å². The first kappa shape index (κ1) is 14.6. The quantitative estimate of drug-likeness (QED) is 0.814. The van der Waals surface area contributed by atoms with Crippen molar-refractivity contribution in [2.75, 3.05) is 43.0 Å². The van der Waals surface area contributed by atoms with Crippen molar-refractivity contribution in [1.29, 1.82) is 0 Å². The van der Waals surface area contributed by atoms with Gasteiger partial charge in [-0.2, -0.15) is 11.8 Å². The van der Waals surface area contributed by atoms with Gasteiger partial charge in [0.15, 0.2) is 0 Å². The van der Waals surface area contributed by atoms with Gasteiger partial charge in [-0.3, -0.25) is 4.90 Å². The average molecular weight is 295 g/mol. The zero-order valence-corrected chi connectivity index (χ0v) is 12.9. The van der Waals surface area contributed by atoms with Crippen molar-refractivity contribution in [3.8, 4) is 0 Å². The molecular weight excluding hydrogens is 274 g/mol. The van der Waals surface area contributed by atoms with Gasteiger partial charge >= 0.3 is 0 Å². The molecule has 0 radical (unpaired) electrons. The van der Waals surface area contributed by atoms with Gasteiger partial charge < -0.3 is 11.1 Å². The average Bonchev–Trinajstić information content (AvgIpc) is 2.39. The maximum atomic E-state index is 5.66. The van der Waals surface area contributed by atoms with E-state index >= 15 is 0 Å². The van der Waals surface area contributed by atoms with E-state index < -0.39 is 0 Å². The minimum Gasteiger partial charge on any atom is -0.389 e. The molecule has 2 rings (SSSR count). The molecule has 0 bridgehead atoms. The highest BCUT2D eigenvalue weighted by Crippen LogP contribution is 2.15. The molecule has 1 aliphatic heterocycles. The molecule has 1 aliphatic rings. The molecule has 0 atom stereocenters. The summed E-state index contributed by atoms with van der Waals surface area (Å²) in [5.74, 6) is 2.53. The number of hydrogen-bond acceptors (Lipinski definition) is 4. The molecule has 1 aromatic rings. The van der Waals surface area contributed by atoms with E-state index in [1.807, 2.05) is 30.8 Å². The molecule has 0 spiro atoms. The van der Waals surface area contributed by atoms with Crippen LogP contribution in [0, 0.1) is 6.92 Å². The van der Waals surface area contributed by atoms with E-state index in [0.29, 0.717) is 4.99 Å². The predicted octanol–water partition coefficient (Wildman–Crippen LogP) is 2.09. The van der Waals surface area contributed by atoms with E-state index in [9.17, 15) is 0 Å². The van der Waals surface area contributed by atoms with Gasteiger partial charge in [0.25, 0.3) is 0 Å². The van der Waals surface area contributed by atoms with Crippen molar-refractivity contribution in [2.45, 2.75) is 6.92 Å². The van der Waals surface area contributed by atoms with Crippen molar-refractivity contribution in [3.05, 3.63) is 29.3 Å². The molecule has 0 amide bonds. The third-order valence-electron chi connectivity index (χ3n) is 3.35. The zero-order chi connectivity index (χ0) is 13.7. The Morgan fingerprint density at radius 3 is 2.79 bits per heavy atom. The topological polar surface area (TPSA) is 41.3 Å². The number of anilines is 1. The SMILES string of the molecule is Cc1cc(NCCN2CCSCC2)ccc1C(N)=S. The van der Waals surface area contributed by atoms with E-state index in [1.54, 1.807) is 0 Å². The van der Waals surface area contributed by atoms with E-state index in [0.717, 1.165) is 29.9 Å². The van der Waals surface area contributed by atoms with Crippen molar-refractivity contribution >= 4 is 34.7 Å². The lowest BCUT2D eigenvalue weighted by Gasteiger charge is -2.26. The van der Waals surface area contributed by atoms with Gasteiger partial charge in [-0.15, -0.1) is 0 Å². The molecule has 0 aromatic heterocycles. The molecule has 0 unspecified atom stereocenters. The van der Waals surface area contributed by atoms with Crippen molar-refractivity contribution in [3.63, 3.8) is 0 Å². The van der Waals surface area contributed by atoms with Crippen LogP contribution in [-0.2, 0) is 0 Å². The normalized spacial score (nSPS) is 16.3. The van der Waals surface area contributed by atoms with E-state index in [4.69, 9.17) is 18.0 Å². The maximum Gasteiger partial charge on any atom is 0.104 e. The Balaban J connectivity index is 1.82. The Morgan fingerprint density at radius 1 is 1.42 bits per heavy atom. The number of rotatable bonds is 5. The predicted molar refractivity (Wildman–Crippen MR) is 89.3 cm³/mol. The van der Waals surface area contributed by atoms with E-state index in [1.165, 1.54) is 24.6 Å². The van der Waals surface area contributed by atoms with Gasteiger partial charge in [-0.05, 0) is 30.7 Å². The first-order valence-electron chi connectivity index (χ1n) is 6.61. The lowest BCUT2D eigenvalue weighted by molar-refractivity contribution is 0.314. The van der Waals surface area contributed by atoms with E-state index in [-0.39, 0.29) is 0 Å². The molecule has 1 heterocycles. The monoisotopic (exact) mass is 295 g/mol. The van der Waals surface area contributed by atoms with Crippen LogP contribution in [0.2, 0.25) is 0 Å². The largest absolute Gasteiger partial charge is 0.389 e. The Bertz CT molecular complexity index is 442. The Kier molecular flexibility index (Phi) is 5.48. The third-order valence-corrected chi connectivity index (χ3v) is 4.52.